The largest absolute Gasteiger partial charge is 0.490 e. The number of hydrogen-bond donors (Lipinski definition) is 0. The van der Waals surface area contributed by atoms with Gasteiger partial charge in [-0.3, -0.25) is 24.6 Å². The molecule has 36 heavy (non-hydrogen) atoms. The first-order valence-corrected chi connectivity index (χ1v) is 11.7. The van der Waals surface area contributed by atoms with Gasteiger partial charge in [-0.25, -0.2) is 4.79 Å². The topological polar surface area (TPSA) is 116 Å². The highest BCUT2D eigenvalue weighted by molar-refractivity contribution is 8.18. The van der Waals surface area contributed by atoms with Gasteiger partial charge in [0.15, 0.2) is 0 Å². The van der Waals surface area contributed by atoms with Crippen LogP contribution in [0, 0.1) is 10.1 Å². The zero-order chi connectivity index (χ0) is 25.7. The van der Waals surface area contributed by atoms with Gasteiger partial charge in [-0.05, 0) is 53.7 Å². The van der Waals surface area contributed by atoms with Crippen LogP contribution in [0.25, 0.3) is 6.08 Å². The third kappa shape index (κ3) is 5.91. The van der Waals surface area contributed by atoms with Crippen molar-refractivity contribution in [1.82, 2.24) is 4.90 Å². The number of hydrogen-bond acceptors (Lipinski definition) is 8. The molecule has 1 heterocycles. The van der Waals surface area contributed by atoms with Crippen molar-refractivity contribution in [3.05, 3.63) is 104 Å². The van der Waals surface area contributed by atoms with E-state index in [1.54, 1.807) is 36.4 Å². The number of para-hydroxylation sites is 1. The first-order valence-electron chi connectivity index (χ1n) is 10.5. The maximum atomic E-state index is 12.8. The van der Waals surface area contributed by atoms with Gasteiger partial charge in [0.2, 0.25) is 0 Å². The van der Waals surface area contributed by atoms with Crippen molar-refractivity contribution in [2.24, 2.45) is 0 Å². The zero-order valence-electron chi connectivity index (χ0n) is 18.5. The second-order valence-electron chi connectivity index (χ2n) is 7.38. The van der Waals surface area contributed by atoms with Gasteiger partial charge in [0.25, 0.3) is 16.8 Å². The third-order valence-corrected chi connectivity index (χ3v) is 6.16. The summed E-state index contributed by atoms with van der Waals surface area (Å²) in [5.41, 5.74) is 0.318. The highest BCUT2D eigenvalue weighted by atomic mass is 35.5. The number of imide groups is 1. The van der Waals surface area contributed by atoms with Crippen molar-refractivity contribution < 1.29 is 28.8 Å². The summed E-state index contributed by atoms with van der Waals surface area (Å²) in [6.07, 6.45) is 1.52. The monoisotopic (exact) mass is 524 g/mol. The molecule has 0 N–H and O–H groups in total. The Hall–Kier alpha value is -4.15. The summed E-state index contributed by atoms with van der Waals surface area (Å²) >= 11 is 6.84. The minimum atomic E-state index is -0.769. The van der Waals surface area contributed by atoms with Crippen LogP contribution in [0.15, 0.2) is 77.7 Å². The number of non-ortho nitro benzene ring substituents is 1. The van der Waals surface area contributed by atoms with E-state index in [9.17, 15) is 24.5 Å². The summed E-state index contributed by atoms with van der Waals surface area (Å²) in [6, 6.07) is 18.4. The average Bonchev–Trinajstić information content (AvgIpc) is 3.12. The molecule has 0 spiro atoms. The Morgan fingerprint density at radius 3 is 2.61 bits per heavy atom. The van der Waals surface area contributed by atoms with Crippen molar-refractivity contribution in [2.75, 3.05) is 13.2 Å². The Morgan fingerprint density at radius 2 is 1.83 bits per heavy atom. The average molecular weight is 525 g/mol. The molecular formula is C25H17ClN2O7S. The van der Waals surface area contributed by atoms with Crippen LogP contribution in [0.5, 0.6) is 11.5 Å². The summed E-state index contributed by atoms with van der Waals surface area (Å²) < 4.78 is 10.9. The molecular weight excluding hydrogens is 508 g/mol. The van der Waals surface area contributed by atoms with Crippen molar-refractivity contribution in [3.63, 3.8) is 0 Å². The summed E-state index contributed by atoms with van der Waals surface area (Å²) in [5.74, 6) is -0.604. The van der Waals surface area contributed by atoms with Gasteiger partial charge in [-0.1, -0.05) is 41.9 Å². The van der Waals surface area contributed by atoms with E-state index in [0.717, 1.165) is 22.7 Å². The summed E-state index contributed by atoms with van der Waals surface area (Å²) in [7, 11) is 0. The second kappa shape index (κ2) is 11.1. The lowest BCUT2D eigenvalue weighted by atomic mass is 10.2. The normalized spacial score (nSPS) is 14.2. The van der Waals surface area contributed by atoms with E-state index in [1.807, 2.05) is 0 Å². The lowest BCUT2D eigenvalue weighted by molar-refractivity contribution is -0.384. The van der Waals surface area contributed by atoms with E-state index in [1.165, 1.54) is 36.4 Å². The highest BCUT2D eigenvalue weighted by Gasteiger charge is 2.34. The minimum Gasteiger partial charge on any atom is -0.490 e. The van der Waals surface area contributed by atoms with Crippen molar-refractivity contribution in [1.29, 1.82) is 0 Å². The Labute approximate surface area is 214 Å². The molecule has 0 unspecified atom stereocenters. The van der Waals surface area contributed by atoms with Gasteiger partial charge >= 0.3 is 5.97 Å². The lowest BCUT2D eigenvalue weighted by Gasteiger charge is -2.13. The first-order chi connectivity index (χ1) is 17.3. The van der Waals surface area contributed by atoms with Crippen LogP contribution in [0.4, 0.5) is 10.5 Å². The van der Waals surface area contributed by atoms with Gasteiger partial charge < -0.3 is 9.47 Å². The molecule has 3 aromatic rings. The summed E-state index contributed by atoms with van der Waals surface area (Å²) in [4.78, 5) is 49.2. The van der Waals surface area contributed by atoms with Crippen molar-refractivity contribution in [3.8, 4) is 11.5 Å². The maximum absolute atomic E-state index is 12.8. The van der Waals surface area contributed by atoms with Crippen molar-refractivity contribution in [2.45, 2.75) is 0 Å². The standard InChI is InChI=1S/C25H17ClN2O7S/c26-20-9-1-2-10-21(20)34-12-11-27-23(29)22(36-25(27)31)14-16-5-3-8-19(13-16)35-24(30)17-6-4-7-18(15-17)28(32)33/h1-10,13-15H,11-12H2/b22-14-. The van der Waals surface area contributed by atoms with Gasteiger partial charge in [0, 0.05) is 12.1 Å². The smallest absolute Gasteiger partial charge is 0.343 e. The number of thioether (sulfide) groups is 1. The van der Waals surface area contributed by atoms with E-state index in [2.05, 4.69) is 0 Å². The quantitative estimate of drug-likeness (QED) is 0.123. The van der Waals surface area contributed by atoms with Crippen LogP contribution in [-0.4, -0.2) is 40.1 Å². The molecule has 0 radical (unpaired) electrons. The van der Waals surface area contributed by atoms with E-state index in [0.29, 0.717) is 16.3 Å². The first kappa shape index (κ1) is 25.0. The number of esters is 1. The van der Waals surface area contributed by atoms with E-state index < -0.39 is 22.0 Å². The molecule has 9 nitrogen and oxygen atoms in total. The molecule has 11 heteroatoms. The van der Waals surface area contributed by atoms with Crippen LogP contribution < -0.4 is 9.47 Å². The molecule has 4 rings (SSSR count). The van der Waals surface area contributed by atoms with Gasteiger partial charge in [-0.15, -0.1) is 0 Å². The van der Waals surface area contributed by atoms with Gasteiger partial charge in [-0.2, -0.15) is 0 Å². The molecule has 182 valence electrons. The second-order valence-corrected chi connectivity index (χ2v) is 8.78. The maximum Gasteiger partial charge on any atom is 0.343 e. The molecule has 1 aliphatic heterocycles. The number of halogens is 1. The van der Waals surface area contributed by atoms with Crippen LogP contribution in [0.2, 0.25) is 5.02 Å². The summed E-state index contributed by atoms with van der Waals surface area (Å²) in [5, 5.41) is 10.9. The number of nitro benzene ring substituents is 1. The third-order valence-electron chi connectivity index (χ3n) is 4.94. The fourth-order valence-corrected chi connectivity index (χ4v) is 4.29. The molecule has 2 amide bonds. The molecule has 0 bridgehead atoms. The predicted octanol–water partition coefficient (Wildman–Crippen LogP) is 5.58. The Bertz CT molecular complexity index is 1390. The zero-order valence-corrected chi connectivity index (χ0v) is 20.0. The van der Waals surface area contributed by atoms with E-state index >= 15 is 0 Å². The number of rotatable bonds is 8. The molecule has 1 saturated heterocycles. The van der Waals surface area contributed by atoms with E-state index in [4.69, 9.17) is 21.1 Å². The number of benzene rings is 3. The van der Waals surface area contributed by atoms with Crippen molar-refractivity contribution >= 4 is 52.2 Å². The number of nitrogens with zero attached hydrogens (tertiary/aromatic N) is 2. The molecule has 0 saturated carbocycles. The van der Waals surface area contributed by atoms with Crippen LogP contribution in [0.3, 0.4) is 0 Å². The number of nitro groups is 1. The number of carbonyl (C=O) groups excluding carboxylic acids is 3. The van der Waals surface area contributed by atoms with Gasteiger partial charge in [0.1, 0.15) is 18.1 Å². The molecule has 0 aliphatic carbocycles. The van der Waals surface area contributed by atoms with Crippen LogP contribution in [-0.2, 0) is 4.79 Å². The number of ether oxygens (including phenoxy) is 2. The highest BCUT2D eigenvalue weighted by Crippen LogP contribution is 2.33. The molecule has 1 fully saturated rings. The molecule has 0 atom stereocenters. The number of amides is 2. The SMILES string of the molecule is O=C(Oc1cccc(/C=C2\SC(=O)N(CCOc3ccccc3Cl)C2=O)c1)c1cccc([N+](=O)[O-])c1. The minimum absolute atomic E-state index is 0.0229. The van der Waals surface area contributed by atoms with Gasteiger partial charge in [0.05, 0.1) is 27.0 Å². The molecule has 1 aliphatic rings. The summed E-state index contributed by atoms with van der Waals surface area (Å²) in [6.45, 7) is 0.131. The van der Waals surface area contributed by atoms with E-state index in [-0.39, 0.29) is 35.1 Å². The molecule has 0 aromatic heterocycles. The Balaban J connectivity index is 1.41. The Kier molecular flexibility index (Phi) is 7.67. The Morgan fingerprint density at radius 1 is 1.06 bits per heavy atom. The fraction of sp³-hybridized carbons (Fsp3) is 0.0800. The fourth-order valence-electron chi connectivity index (χ4n) is 3.23. The lowest BCUT2D eigenvalue weighted by Crippen LogP contribution is -2.32. The van der Waals surface area contributed by atoms with Crippen LogP contribution in [0.1, 0.15) is 15.9 Å². The number of carbonyl (C=O) groups is 3. The van der Waals surface area contributed by atoms with Crippen LogP contribution >= 0.6 is 23.4 Å². The predicted molar refractivity (Wildman–Crippen MR) is 134 cm³/mol. The molecule has 3 aromatic carbocycles.